The first kappa shape index (κ1) is 18.6. The van der Waals surface area contributed by atoms with E-state index in [-0.39, 0.29) is 5.03 Å². The van der Waals surface area contributed by atoms with E-state index in [9.17, 15) is 26.2 Å². The van der Waals surface area contributed by atoms with Gasteiger partial charge in [-0.25, -0.2) is 4.68 Å². The Hall–Kier alpha value is -1.69. The summed E-state index contributed by atoms with van der Waals surface area (Å²) in [7, 11) is -0.977. The third-order valence-electron chi connectivity index (χ3n) is 2.97. The topological polar surface area (TPSA) is 65.4 Å². The Morgan fingerprint density at radius 2 is 2.08 bits per heavy atom. The number of hydroxylamine groups is 1. The van der Waals surface area contributed by atoms with Gasteiger partial charge in [0.05, 0.1) is 22.1 Å². The van der Waals surface area contributed by atoms with Crippen molar-refractivity contribution in [1.29, 1.82) is 0 Å². The van der Waals surface area contributed by atoms with Crippen molar-refractivity contribution in [3.05, 3.63) is 22.4 Å². The second kappa shape index (κ2) is 6.31. The van der Waals surface area contributed by atoms with Crippen molar-refractivity contribution >= 4 is 10.8 Å². The molecule has 0 aliphatic carbocycles. The lowest BCUT2D eigenvalue weighted by Gasteiger charge is -2.11. The van der Waals surface area contributed by atoms with Gasteiger partial charge < -0.3 is 4.74 Å². The monoisotopic (exact) mass is 375 g/mol. The van der Waals surface area contributed by atoms with Gasteiger partial charge in [0.25, 0.3) is 0 Å². The van der Waals surface area contributed by atoms with E-state index < -0.39 is 52.1 Å². The zero-order valence-corrected chi connectivity index (χ0v) is 13.6. The summed E-state index contributed by atoms with van der Waals surface area (Å²) >= 11 is 0. The Bertz CT molecular complexity index is 684. The molecule has 2 heterocycles. The Labute approximate surface area is 136 Å². The van der Waals surface area contributed by atoms with E-state index in [0.717, 1.165) is 7.05 Å². The van der Waals surface area contributed by atoms with Crippen LogP contribution in [0.25, 0.3) is 0 Å². The van der Waals surface area contributed by atoms with Crippen LogP contribution in [-0.4, -0.2) is 26.2 Å². The van der Waals surface area contributed by atoms with Crippen LogP contribution in [0, 0.1) is 0 Å². The predicted octanol–water partition coefficient (Wildman–Crippen LogP) is 2.44. The summed E-state index contributed by atoms with van der Waals surface area (Å²) in [5, 5.41) is 3.21. The van der Waals surface area contributed by atoms with Gasteiger partial charge >= 0.3 is 12.8 Å². The van der Waals surface area contributed by atoms with Crippen LogP contribution in [0.5, 0.6) is 5.88 Å². The van der Waals surface area contributed by atoms with Gasteiger partial charge in [0.15, 0.2) is 5.69 Å². The molecular formula is C12H14F5N3O3S. The first-order valence-electron chi connectivity index (χ1n) is 6.54. The summed E-state index contributed by atoms with van der Waals surface area (Å²) in [5.74, 6) is -1.51. The molecule has 136 valence electrons. The average molecular weight is 375 g/mol. The van der Waals surface area contributed by atoms with Gasteiger partial charge in [-0.3, -0.25) is 14.5 Å². The Morgan fingerprint density at radius 3 is 2.54 bits per heavy atom. The lowest BCUT2D eigenvalue weighted by atomic mass is 10.1. The first-order chi connectivity index (χ1) is 10.9. The molecule has 1 aromatic rings. The third kappa shape index (κ3) is 4.04. The van der Waals surface area contributed by atoms with Crippen LogP contribution in [0.1, 0.15) is 25.1 Å². The molecule has 0 radical (unpaired) electrons. The second-order valence-corrected chi connectivity index (χ2v) is 6.86. The summed E-state index contributed by atoms with van der Waals surface area (Å²) in [5.41, 5.74) is -0.576. The van der Waals surface area contributed by atoms with Gasteiger partial charge in [0.2, 0.25) is 5.88 Å². The Kier molecular flexibility index (Phi) is 4.91. The maximum atomic E-state index is 13.1. The molecule has 0 fully saturated rings. The molecule has 0 spiro atoms. The number of rotatable bonds is 5. The Balaban J connectivity index is 2.39. The van der Waals surface area contributed by atoms with Crippen LogP contribution < -0.4 is 10.2 Å². The smallest absolute Gasteiger partial charge is 0.417 e. The molecule has 0 saturated carbocycles. The van der Waals surface area contributed by atoms with E-state index in [1.54, 1.807) is 13.8 Å². The van der Waals surface area contributed by atoms with Gasteiger partial charge in [0.1, 0.15) is 10.6 Å². The normalized spacial score (nSPS) is 18.5. The molecule has 12 heteroatoms. The molecule has 6 nitrogen and oxygen atoms in total. The van der Waals surface area contributed by atoms with E-state index >= 15 is 0 Å². The summed E-state index contributed by atoms with van der Waals surface area (Å²) in [4.78, 5) is 5.08. The van der Waals surface area contributed by atoms with Gasteiger partial charge in [-0.05, 0) is 19.9 Å². The molecule has 1 aliphatic heterocycles. The minimum absolute atomic E-state index is 0.0416. The van der Waals surface area contributed by atoms with Crippen LogP contribution in [0.3, 0.4) is 0 Å². The molecule has 0 bridgehead atoms. The fourth-order valence-corrected chi connectivity index (χ4v) is 3.25. The zero-order chi connectivity index (χ0) is 18.3. The standard InChI is InChI=1S/C12H14F5N3O3S/c1-11(2)4-7(19-23-11)24(21)5-6-8(12(15,16)17)18-20(3)9(6)22-10(13)14/h4,10,19H,5H2,1-3H3/t24-/m0/s1. The largest absolute Gasteiger partial charge is 0.435 e. The predicted molar refractivity (Wildman–Crippen MR) is 73.1 cm³/mol. The fraction of sp³-hybridized carbons (Fsp3) is 0.583. The molecule has 0 amide bonds. The number of hydrogen-bond donors (Lipinski definition) is 1. The number of aromatic nitrogens is 2. The van der Waals surface area contributed by atoms with E-state index in [1.165, 1.54) is 6.08 Å². The second-order valence-electron chi connectivity index (χ2n) is 5.44. The highest BCUT2D eigenvalue weighted by atomic mass is 32.2. The van der Waals surface area contributed by atoms with E-state index in [2.05, 4.69) is 15.3 Å². The number of alkyl halides is 5. The van der Waals surface area contributed by atoms with Crippen LogP contribution in [0.15, 0.2) is 11.1 Å². The summed E-state index contributed by atoms with van der Waals surface area (Å²) < 4.78 is 81.0. The minimum Gasteiger partial charge on any atom is -0.417 e. The maximum Gasteiger partial charge on any atom is 0.435 e. The summed E-state index contributed by atoms with van der Waals surface area (Å²) in [6, 6.07) is 0. The van der Waals surface area contributed by atoms with Crippen LogP contribution in [0.4, 0.5) is 22.0 Å². The first-order valence-corrected chi connectivity index (χ1v) is 7.86. The van der Waals surface area contributed by atoms with E-state index in [0.29, 0.717) is 4.68 Å². The van der Waals surface area contributed by atoms with E-state index in [4.69, 9.17) is 4.84 Å². The summed E-state index contributed by atoms with van der Waals surface area (Å²) in [6.07, 6.45) is -3.48. The van der Waals surface area contributed by atoms with Crippen molar-refractivity contribution in [2.24, 2.45) is 7.05 Å². The number of nitrogens with zero attached hydrogens (tertiary/aromatic N) is 2. The summed E-state index contributed by atoms with van der Waals surface area (Å²) in [6.45, 7) is -0.0682. The highest BCUT2D eigenvalue weighted by Gasteiger charge is 2.41. The van der Waals surface area contributed by atoms with Crippen LogP contribution in [0.2, 0.25) is 0 Å². The number of hydrogen-bond acceptors (Lipinski definition) is 5. The molecule has 1 aromatic heterocycles. The van der Waals surface area contributed by atoms with Crippen molar-refractivity contribution < 1.29 is 35.7 Å². The molecule has 1 atom stereocenters. The fourth-order valence-electron chi connectivity index (χ4n) is 2.02. The molecule has 0 unspecified atom stereocenters. The maximum absolute atomic E-state index is 13.1. The molecule has 0 saturated heterocycles. The van der Waals surface area contributed by atoms with Crippen molar-refractivity contribution in [3.8, 4) is 5.88 Å². The lowest BCUT2D eigenvalue weighted by molar-refractivity contribution is -0.142. The van der Waals surface area contributed by atoms with Crippen molar-refractivity contribution in [1.82, 2.24) is 15.3 Å². The highest BCUT2D eigenvalue weighted by molar-refractivity contribution is 7.88. The SMILES string of the molecule is Cn1nc(C(F)(F)F)c(C[S@](=O)C2=CC(C)(C)ON2)c1OC(F)F. The van der Waals surface area contributed by atoms with Crippen molar-refractivity contribution in [3.63, 3.8) is 0 Å². The highest BCUT2D eigenvalue weighted by Crippen LogP contribution is 2.37. The molecule has 2 rings (SSSR count). The molecule has 24 heavy (non-hydrogen) atoms. The number of nitrogens with one attached hydrogen (secondary N) is 1. The number of aryl methyl sites for hydroxylation is 1. The molecule has 0 aromatic carbocycles. The number of ether oxygens (including phenoxy) is 1. The van der Waals surface area contributed by atoms with Crippen LogP contribution >= 0.6 is 0 Å². The molecular weight excluding hydrogens is 361 g/mol. The molecule has 1 aliphatic rings. The third-order valence-corrected chi connectivity index (χ3v) is 4.21. The minimum atomic E-state index is -4.91. The van der Waals surface area contributed by atoms with Gasteiger partial charge in [-0.2, -0.15) is 27.1 Å². The van der Waals surface area contributed by atoms with Crippen molar-refractivity contribution in [2.45, 2.75) is 38.0 Å². The average Bonchev–Trinajstić information content (AvgIpc) is 2.91. The van der Waals surface area contributed by atoms with E-state index in [1.807, 2.05) is 0 Å². The van der Waals surface area contributed by atoms with Gasteiger partial charge in [-0.15, -0.1) is 0 Å². The quantitative estimate of drug-likeness (QED) is 0.801. The lowest BCUT2D eigenvalue weighted by Crippen LogP contribution is -2.21. The molecule has 1 N–H and O–H groups in total. The van der Waals surface area contributed by atoms with Crippen LogP contribution in [-0.2, 0) is 34.6 Å². The number of halogens is 5. The Morgan fingerprint density at radius 1 is 1.46 bits per heavy atom. The zero-order valence-electron chi connectivity index (χ0n) is 12.8. The van der Waals surface area contributed by atoms with Crippen molar-refractivity contribution in [2.75, 3.05) is 0 Å². The van der Waals surface area contributed by atoms with Gasteiger partial charge in [-0.1, -0.05) is 0 Å². The van der Waals surface area contributed by atoms with Gasteiger partial charge in [0, 0.05) is 7.05 Å².